The SMILES string of the molecule is C=C(CBr)[SiH](OC)OC. The Morgan fingerprint density at radius 3 is 2.11 bits per heavy atom. The van der Waals surface area contributed by atoms with Gasteiger partial charge in [-0.1, -0.05) is 22.5 Å². The molecule has 0 rings (SSSR count). The number of halogens is 1. The molecule has 0 amide bonds. The summed E-state index contributed by atoms with van der Waals surface area (Å²) < 4.78 is 10.1. The van der Waals surface area contributed by atoms with E-state index in [0.717, 1.165) is 10.5 Å². The topological polar surface area (TPSA) is 18.5 Å². The Balaban J connectivity index is 3.64. The van der Waals surface area contributed by atoms with Crippen molar-refractivity contribution in [2.45, 2.75) is 0 Å². The van der Waals surface area contributed by atoms with E-state index in [1.165, 1.54) is 0 Å². The molecule has 4 heteroatoms. The van der Waals surface area contributed by atoms with E-state index in [4.69, 9.17) is 8.85 Å². The van der Waals surface area contributed by atoms with Crippen LogP contribution in [0.1, 0.15) is 0 Å². The lowest BCUT2D eigenvalue weighted by Crippen LogP contribution is -2.22. The lowest BCUT2D eigenvalue weighted by molar-refractivity contribution is 0.287. The van der Waals surface area contributed by atoms with Gasteiger partial charge in [0.15, 0.2) is 0 Å². The molecule has 2 nitrogen and oxygen atoms in total. The zero-order valence-corrected chi connectivity index (χ0v) is 8.43. The number of rotatable bonds is 4. The molecular formula is C5H11BrO2Si. The van der Waals surface area contributed by atoms with Gasteiger partial charge in [0.2, 0.25) is 0 Å². The van der Waals surface area contributed by atoms with Crippen molar-refractivity contribution in [3.05, 3.63) is 11.8 Å². The molecule has 0 aliphatic rings. The van der Waals surface area contributed by atoms with E-state index in [9.17, 15) is 0 Å². The van der Waals surface area contributed by atoms with Gasteiger partial charge < -0.3 is 8.85 Å². The molecule has 0 fully saturated rings. The van der Waals surface area contributed by atoms with Crippen LogP contribution in [0.3, 0.4) is 0 Å². The van der Waals surface area contributed by atoms with Gasteiger partial charge in [0.25, 0.3) is 0 Å². The predicted octanol–water partition coefficient (Wildman–Crippen LogP) is 0.990. The Hall–Kier alpha value is 0.357. The normalized spacial score (nSPS) is 10.2. The molecule has 0 atom stereocenters. The zero-order chi connectivity index (χ0) is 7.28. The number of hydrogen-bond donors (Lipinski definition) is 0. The Labute approximate surface area is 65.8 Å². The van der Waals surface area contributed by atoms with Crippen molar-refractivity contribution in [2.24, 2.45) is 0 Å². The van der Waals surface area contributed by atoms with Crippen LogP contribution in [0.4, 0.5) is 0 Å². The molecule has 0 unspecified atom stereocenters. The van der Waals surface area contributed by atoms with Gasteiger partial charge >= 0.3 is 9.28 Å². The maximum atomic E-state index is 5.04. The molecule has 54 valence electrons. The highest BCUT2D eigenvalue weighted by atomic mass is 79.9. The van der Waals surface area contributed by atoms with E-state index < -0.39 is 9.28 Å². The third-order valence-corrected chi connectivity index (χ3v) is 3.98. The third kappa shape index (κ3) is 3.15. The van der Waals surface area contributed by atoms with Crippen molar-refractivity contribution in [3.8, 4) is 0 Å². The summed E-state index contributed by atoms with van der Waals surface area (Å²) in [7, 11) is 1.77. The minimum absolute atomic E-state index is 0.769. The standard InChI is InChI=1S/C5H11BrO2Si/c1-5(4-6)9(7-2)8-3/h9H,1,4H2,2-3H3. The molecule has 0 aromatic carbocycles. The van der Waals surface area contributed by atoms with Crippen molar-refractivity contribution < 1.29 is 8.85 Å². The van der Waals surface area contributed by atoms with Crippen molar-refractivity contribution in [3.63, 3.8) is 0 Å². The summed E-state index contributed by atoms with van der Waals surface area (Å²) in [6.45, 7) is 3.78. The first-order valence-corrected chi connectivity index (χ1v) is 5.19. The fourth-order valence-electron chi connectivity index (χ4n) is 0.493. The van der Waals surface area contributed by atoms with Crippen molar-refractivity contribution in [1.29, 1.82) is 0 Å². The predicted molar refractivity (Wildman–Crippen MR) is 44.1 cm³/mol. The summed E-state index contributed by atoms with van der Waals surface area (Å²) in [4.78, 5) is 0. The minimum atomic E-state index is -1.53. The first kappa shape index (κ1) is 9.36. The number of allylic oxidation sites excluding steroid dienone is 1. The Kier molecular flexibility index (Phi) is 5.37. The van der Waals surface area contributed by atoms with Crippen LogP contribution < -0.4 is 0 Å². The van der Waals surface area contributed by atoms with Gasteiger partial charge in [-0.15, -0.1) is 0 Å². The van der Waals surface area contributed by atoms with Crippen LogP contribution >= 0.6 is 15.9 Å². The summed E-state index contributed by atoms with van der Waals surface area (Å²) in [6.07, 6.45) is 0. The highest BCUT2D eigenvalue weighted by molar-refractivity contribution is 9.09. The minimum Gasteiger partial charge on any atom is -0.397 e. The summed E-state index contributed by atoms with van der Waals surface area (Å²) in [5, 5.41) is 1.80. The van der Waals surface area contributed by atoms with Gasteiger partial charge in [-0.3, -0.25) is 0 Å². The summed E-state index contributed by atoms with van der Waals surface area (Å²) >= 11 is 3.27. The number of alkyl halides is 1. The van der Waals surface area contributed by atoms with Crippen LogP contribution in [0.15, 0.2) is 11.8 Å². The van der Waals surface area contributed by atoms with Crippen LogP contribution in [0.2, 0.25) is 0 Å². The second-order valence-electron chi connectivity index (χ2n) is 1.60. The van der Waals surface area contributed by atoms with Gasteiger partial charge in [-0.2, -0.15) is 0 Å². The molecular weight excluding hydrogens is 200 g/mol. The van der Waals surface area contributed by atoms with Crippen LogP contribution in [-0.4, -0.2) is 28.8 Å². The molecule has 0 aromatic rings. The molecule has 0 heterocycles. The van der Waals surface area contributed by atoms with Crippen molar-refractivity contribution >= 4 is 25.2 Å². The number of hydrogen-bond acceptors (Lipinski definition) is 2. The first-order chi connectivity index (χ1) is 4.26. The van der Waals surface area contributed by atoms with E-state index in [1.54, 1.807) is 14.2 Å². The largest absolute Gasteiger partial charge is 0.397 e. The Bertz CT molecular complexity index is 93.0. The second kappa shape index (κ2) is 5.17. The van der Waals surface area contributed by atoms with Crippen molar-refractivity contribution in [1.82, 2.24) is 0 Å². The van der Waals surface area contributed by atoms with Crippen molar-refractivity contribution in [2.75, 3.05) is 19.5 Å². The van der Waals surface area contributed by atoms with E-state index >= 15 is 0 Å². The smallest absolute Gasteiger partial charge is 0.351 e. The van der Waals surface area contributed by atoms with Crippen LogP contribution in [0.5, 0.6) is 0 Å². The van der Waals surface area contributed by atoms with Crippen LogP contribution in [-0.2, 0) is 8.85 Å². The van der Waals surface area contributed by atoms with Gasteiger partial charge in [0.1, 0.15) is 0 Å². The molecule has 9 heavy (non-hydrogen) atoms. The fraction of sp³-hybridized carbons (Fsp3) is 0.600. The molecule has 0 saturated heterocycles. The van der Waals surface area contributed by atoms with E-state index in [1.807, 2.05) is 0 Å². The van der Waals surface area contributed by atoms with Gasteiger partial charge in [0, 0.05) is 19.5 Å². The van der Waals surface area contributed by atoms with Crippen LogP contribution in [0.25, 0.3) is 0 Å². The maximum Gasteiger partial charge on any atom is 0.351 e. The molecule has 0 N–H and O–H groups in total. The Morgan fingerprint density at radius 2 is 2.00 bits per heavy atom. The fourth-order valence-corrected chi connectivity index (χ4v) is 2.27. The average Bonchev–Trinajstić information content (AvgIpc) is 1.90. The van der Waals surface area contributed by atoms with E-state index in [0.29, 0.717) is 0 Å². The second-order valence-corrected chi connectivity index (χ2v) is 4.58. The molecule has 0 aliphatic heterocycles. The molecule has 0 bridgehead atoms. The molecule has 0 radical (unpaired) electrons. The highest BCUT2D eigenvalue weighted by Gasteiger charge is 2.11. The summed E-state index contributed by atoms with van der Waals surface area (Å²) in [5.74, 6) is 0. The lowest BCUT2D eigenvalue weighted by atomic mass is 10.8. The maximum absolute atomic E-state index is 5.04. The molecule has 0 aliphatic carbocycles. The molecule has 0 spiro atoms. The Morgan fingerprint density at radius 1 is 1.56 bits per heavy atom. The zero-order valence-electron chi connectivity index (χ0n) is 5.69. The van der Waals surface area contributed by atoms with E-state index in [-0.39, 0.29) is 0 Å². The molecule has 0 saturated carbocycles. The summed E-state index contributed by atoms with van der Waals surface area (Å²) in [6, 6.07) is 0. The van der Waals surface area contributed by atoms with E-state index in [2.05, 4.69) is 22.5 Å². The average molecular weight is 211 g/mol. The monoisotopic (exact) mass is 210 g/mol. The van der Waals surface area contributed by atoms with Crippen LogP contribution in [0, 0.1) is 0 Å². The summed E-state index contributed by atoms with van der Waals surface area (Å²) in [5.41, 5.74) is 0. The van der Waals surface area contributed by atoms with Gasteiger partial charge in [0.05, 0.1) is 0 Å². The molecule has 0 aromatic heterocycles. The van der Waals surface area contributed by atoms with Gasteiger partial charge in [-0.25, -0.2) is 0 Å². The quantitative estimate of drug-likeness (QED) is 0.510. The lowest BCUT2D eigenvalue weighted by Gasteiger charge is -2.10. The first-order valence-electron chi connectivity index (χ1n) is 2.55. The van der Waals surface area contributed by atoms with Gasteiger partial charge in [-0.05, 0) is 5.20 Å². The highest BCUT2D eigenvalue weighted by Crippen LogP contribution is 2.02. The third-order valence-electron chi connectivity index (χ3n) is 0.933.